The fraction of sp³-hybridized carbons (Fsp3) is 0.429. The van der Waals surface area contributed by atoms with Gasteiger partial charge in [-0.25, -0.2) is 4.39 Å². The minimum absolute atomic E-state index is 0.219. The van der Waals surface area contributed by atoms with Crippen molar-refractivity contribution in [2.75, 3.05) is 5.32 Å². The topological polar surface area (TPSA) is 98.2 Å². The number of amides is 2. The number of hydrogen-bond donors (Lipinski definition) is 3. The van der Waals surface area contributed by atoms with Gasteiger partial charge in [0.25, 0.3) is 5.91 Å². The van der Waals surface area contributed by atoms with Crippen LogP contribution in [0.4, 0.5) is 10.1 Å². The molecule has 0 aromatic heterocycles. The van der Waals surface area contributed by atoms with Gasteiger partial charge in [-0.3, -0.25) is 9.59 Å². The lowest BCUT2D eigenvalue weighted by molar-refractivity contribution is -0.117. The van der Waals surface area contributed by atoms with Gasteiger partial charge in [-0.1, -0.05) is 12.8 Å². The van der Waals surface area contributed by atoms with Crippen molar-refractivity contribution in [2.24, 2.45) is 11.5 Å². The molecule has 108 valence electrons. The van der Waals surface area contributed by atoms with E-state index < -0.39 is 17.3 Å². The summed E-state index contributed by atoms with van der Waals surface area (Å²) in [5.41, 5.74) is 10.8. The lowest BCUT2D eigenvalue weighted by atomic mass is 9.94. The van der Waals surface area contributed by atoms with E-state index in [9.17, 15) is 14.0 Å². The minimum atomic E-state index is -0.871. The molecule has 2 amide bonds. The second-order valence-corrected chi connectivity index (χ2v) is 5.35. The van der Waals surface area contributed by atoms with Crippen molar-refractivity contribution < 1.29 is 14.0 Å². The molecular formula is C14H18FN3O2. The van der Waals surface area contributed by atoms with Crippen LogP contribution < -0.4 is 16.8 Å². The Hall–Kier alpha value is -1.95. The first-order valence-electron chi connectivity index (χ1n) is 6.58. The number of primary amides is 1. The Morgan fingerprint density at radius 1 is 1.30 bits per heavy atom. The van der Waals surface area contributed by atoms with Crippen LogP contribution in [-0.2, 0) is 4.79 Å². The number of carbonyl (C=O) groups is 2. The van der Waals surface area contributed by atoms with E-state index in [1.54, 1.807) is 0 Å². The Bertz CT molecular complexity index is 539. The molecule has 1 aliphatic rings. The molecule has 0 atom stereocenters. The lowest BCUT2D eigenvalue weighted by Crippen LogP contribution is -2.40. The summed E-state index contributed by atoms with van der Waals surface area (Å²) in [7, 11) is 0. The van der Waals surface area contributed by atoms with E-state index in [0.29, 0.717) is 5.69 Å². The molecule has 0 spiro atoms. The van der Waals surface area contributed by atoms with Gasteiger partial charge < -0.3 is 16.8 Å². The van der Waals surface area contributed by atoms with Gasteiger partial charge in [-0.05, 0) is 31.0 Å². The van der Waals surface area contributed by atoms with Crippen molar-refractivity contribution in [3.8, 4) is 0 Å². The van der Waals surface area contributed by atoms with Crippen molar-refractivity contribution in [3.05, 3.63) is 29.6 Å². The average Bonchev–Trinajstić information content (AvgIpc) is 2.77. The molecule has 0 bridgehead atoms. The predicted octanol–water partition coefficient (Wildman–Crippen LogP) is 1.52. The Labute approximate surface area is 116 Å². The Morgan fingerprint density at radius 2 is 1.95 bits per heavy atom. The molecule has 2 rings (SSSR count). The quantitative estimate of drug-likeness (QED) is 0.779. The molecule has 0 radical (unpaired) electrons. The van der Waals surface area contributed by atoms with Crippen LogP contribution in [0.3, 0.4) is 0 Å². The molecule has 0 heterocycles. The van der Waals surface area contributed by atoms with Gasteiger partial charge in [0.2, 0.25) is 5.91 Å². The third-order valence-electron chi connectivity index (χ3n) is 3.63. The first-order chi connectivity index (χ1) is 9.39. The number of nitrogens with one attached hydrogen (secondary N) is 1. The van der Waals surface area contributed by atoms with E-state index >= 15 is 0 Å². The summed E-state index contributed by atoms with van der Waals surface area (Å²) >= 11 is 0. The second kappa shape index (κ2) is 5.58. The van der Waals surface area contributed by atoms with Gasteiger partial charge in [0, 0.05) is 17.6 Å². The van der Waals surface area contributed by atoms with Crippen LogP contribution in [0, 0.1) is 5.82 Å². The smallest absolute Gasteiger partial charge is 0.251 e. The van der Waals surface area contributed by atoms with E-state index in [1.165, 1.54) is 12.1 Å². The Kier molecular flexibility index (Phi) is 4.04. The largest absolute Gasteiger partial charge is 0.366 e. The molecule has 6 heteroatoms. The molecule has 1 aliphatic carbocycles. The molecule has 1 fully saturated rings. The monoisotopic (exact) mass is 279 g/mol. The van der Waals surface area contributed by atoms with E-state index in [4.69, 9.17) is 11.5 Å². The number of halogens is 1. The average molecular weight is 279 g/mol. The molecule has 20 heavy (non-hydrogen) atoms. The van der Waals surface area contributed by atoms with Crippen molar-refractivity contribution in [1.82, 2.24) is 0 Å². The van der Waals surface area contributed by atoms with Crippen LogP contribution in [0.5, 0.6) is 0 Å². The third kappa shape index (κ3) is 3.33. The molecule has 0 saturated heterocycles. The van der Waals surface area contributed by atoms with Crippen molar-refractivity contribution >= 4 is 17.5 Å². The van der Waals surface area contributed by atoms with E-state index in [0.717, 1.165) is 31.7 Å². The van der Waals surface area contributed by atoms with Crippen LogP contribution in [0.15, 0.2) is 18.2 Å². The van der Waals surface area contributed by atoms with E-state index in [-0.39, 0.29) is 17.9 Å². The summed E-state index contributed by atoms with van der Waals surface area (Å²) in [5.74, 6) is -1.82. The zero-order valence-corrected chi connectivity index (χ0v) is 11.1. The fourth-order valence-corrected chi connectivity index (χ4v) is 2.57. The highest BCUT2D eigenvalue weighted by Gasteiger charge is 2.31. The van der Waals surface area contributed by atoms with Crippen LogP contribution in [0.1, 0.15) is 42.5 Å². The van der Waals surface area contributed by atoms with Crippen LogP contribution in [0.2, 0.25) is 0 Å². The zero-order chi connectivity index (χ0) is 14.8. The molecular weight excluding hydrogens is 261 g/mol. The van der Waals surface area contributed by atoms with E-state index in [1.807, 2.05) is 0 Å². The van der Waals surface area contributed by atoms with Crippen LogP contribution >= 0.6 is 0 Å². The minimum Gasteiger partial charge on any atom is -0.366 e. The predicted molar refractivity (Wildman–Crippen MR) is 73.6 cm³/mol. The fourth-order valence-electron chi connectivity index (χ4n) is 2.57. The summed E-state index contributed by atoms with van der Waals surface area (Å²) < 4.78 is 13.3. The first kappa shape index (κ1) is 14.5. The number of hydrogen-bond acceptors (Lipinski definition) is 3. The van der Waals surface area contributed by atoms with Crippen molar-refractivity contribution in [2.45, 2.75) is 37.6 Å². The van der Waals surface area contributed by atoms with Gasteiger partial charge >= 0.3 is 0 Å². The highest BCUT2D eigenvalue weighted by Crippen LogP contribution is 2.30. The molecule has 0 unspecified atom stereocenters. The van der Waals surface area contributed by atoms with Crippen LogP contribution in [0.25, 0.3) is 0 Å². The zero-order valence-electron chi connectivity index (χ0n) is 11.1. The number of nitrogens with two attached hydrogens (primary N) is 2. The lowest BCUT2D eigenvalue weighted by Gasteiger charge is -2.22. The number of benzene rings is 1. The Morgan fingerprint density at radius 3 is 2.55 bits per heavy atom. The summed E-state index contributed by atoms with van der Waals surface area (Å²) in [5, 5.41) is 2.62. The molecule has 5 nitrogen and oxygen atoms in total. The number of carbonyl (C=O) groups excluding carboxylic acids is 2. The summed E-state index contributed by atoms with van der Waals surface area (Å²) in [4.78, 5) is 23.0. The SMILES string of the molecule is NC(=O)c1cc(NC(=O)CC2(N)CCCC2)ccc1F. The van der Waals surface area contributed by atoms with Crippen molar-refractivity contribution in [3.63, 3.8) is 0 Å². The maximum atomic E-state index is 13.3. The molecule has 5 N–H and O–H groups in total. The van der Waals surface area contributed by atoms with Gasteiger partial charge in [0.1, 0.15) is 5.82 Å². The maximum Gasteiger partial charge on any atom is 0.251 e. The summed E-state index contributed by atoms with van der Waals surface area (Å²) in [6, 6.07) is 3.72. The summed E-state index contributed by atoms with van der Waals surface area (Å²) in [6.07, 6.45) is 3.95. The number of rotatable bonds is 4. The third-order valence-corrected chi connectivity index (χ3v) is 3.63. The Balaban J connectivity index is 2.04. The van der Waals surface area contributed by atoms with Gasteiger partial charge in [0.05, 0.1) is 5.56 Å². The number of anilines is 1. The normalized spacial score (nSPS) is 16.9. The van der Waals surface area contributed by atoms with Gasteiger partial charge in [-0.2, -0.15) is 0 Å². The van der Waals surface area contributed by atoms with Gasteiger partial charge in [0.15, 0.2) is 0 Å². The maximum absolute atomic E-state index is 13.3. The van der Waals surface area contributed by atoms with Crippen LogP contribution in [-0.4, -0.2) is 17.4 Å². The summed E-state index contributed by atoms with van der Waals surface area (Å²) in [6.45, 7) is 0. The second-order valence-electron chi connectivity index (χ2n) is 5.35. The van der Waals surface area contributed by atoms with Gasteiger partial charge in [-0.15, -0.1) is 0 Å². The molecule has 1 aromatic carbocycles. The standard InChI is InChI=1S/C14H18FN3O2/c15-11-4-3-9(7-10(11)13(16)20)18-12(19)8-14(17)5-1-2-6-14/h3-4,7H,1-2,5-6,8,17H2,(H2,16,20)(H,18,19). The highest BCUT2D eigenvalue weighted by molar-refractivity contribution is 5.96. The van der Waals surface area contributed by atoms with Crippen molar-refractivity contribution in [1.29, 1.82) is 0 Å². The molecule has 0 aliphatic heterocycles. The molecule has 1 saturated carbocycles. The first-order valence-corrected chi connectivity index (χ1v) is 6.58. The van der Waals surface area contributed by atoms with E-state index in [2.05, 4.69) is 5.32 Å². The highest BCUT2D eigenvalue weighted by atomic mass is 19.1. The molecule has 1 aromatic rings.